The van der Waals surface area contributed by atoms with Gasteiger partial charge in [-0.3, -0.25) is 9.59 Å². The van der Waals surface area contributed by atoms with Gasteiger partial charge in [-0.25, -0.2) is 0 Å². The van der Waals surface area contributed by atoms with Crippen molar-refractivity contribution in [2.75, 3.05) is 0 Å². The van der Waals surface area contributed by atoms with Crippen molar-refractivity contribution in [2.45, 2.75) is 26.3 Å². The van der Waals surface area contributed by atoms with Crippen molar-refractivity contribution in [2.24, 2.45) is 0 Å². The summed E-state index contributed by atoms with van der Waals surface area (Å²) in [6.07, 6.45) is 0.106. The van der Waals surface area contributed by atoms with E-state index in [0.717, 1.165) is 5.39 Å². The normalized spacial score (nSPS) is 12.3. The van der Waals surface area contributed by atoms with Crippen molar-refractivity contribution < 1.29 is 14.1 Å². The number of amides is 1. The fourth-order valence-corrected chi connectivity index (χ4v) is 1.61. The zero-order chi connectivity index (χ0) is 13.1. The van der Waals surface area contributed by atoms with Crippen LogP contribution in [0.2, 0.25) is 0 Å². The van der Waals surface area contributed by atoms with Gasteiger partial charge in [-0.1, -0.05) is 17.3 Å². The molecule has 0 saturated heterocycles. The maximum absolute atomic E-state index is 11.7. The van der Waals surface area contributed by atoms with Crippen molar-refractivity contribution in [3.8, 4) is 0 Å². The summed E-state index contributed by atoms with van der Waals surface area (Å²) in [5.74, 6) is -0.315. The molecule has 1 amide bonds. The fraction of sp³-hybridized carbons (Fsp3) is 0.308. The average molecular weight is 246 g/mol. The number of hydrogen-bond acceptors (Lipinski definition) is 4. The second kappa shape index (κ2) is 5.00. The summed E-state index contributed by atoms with van der Waals surface area (Å²) in [5.41, 5.74) is 1.23. The molecular weight excluding hydrogens is 232 g/mol. The number of ketones is 1. The predicted molar refractivity (Wildman–Crippen MR) is 66.0 cm³/mol. The van der Waals surface area contributed by atoms with Crippen molar-refractivity contribution in [1.29, 1.82) is 0 Å². The van der Waals surface area contributed by atoms with Crippen LogP contribution in [0.3, 0.4) is 0 Å². The number of fused-ring (bicyclic) bond motifs is 1. The fourth-order valence-electron chi connectivity index (χ4n) is 1.61. The van der Waals surface area contributed by atoms with E-state index in [0.29, 0.717) is 11.3 Å². The first-order chi connectivity index (χ1) is 8.58. The Morgan fingerprint density at radius 3 is 2.83 bits per heavy atom. The van der Waals surface area contributed by atoms with Gasteiger partial charge in [-0.05, 0) is 26.0 Å². The van der Waals surface area contributed by atoms with Crippen LogP contribution in [0, 0.1) is 0 Å². The van der Waals surface area contributed by atoms with Crippen LogP contribution in [-0.4, -0.2) is 22.9 Å². The Bertz CT molecular complexity index is 589. The molecule has 1 unspecified atom stereocenters. The van der Waals surface area contributed by atoms with E-state index in [1.54, 1.807) is 13.0 Å². The molecule has 0 radical (unpaired) electrons. The summed E-state index contributed by atoms with van der Waals surface area (Å²) in [6.45, 7) is 3.09. The van der Waals surface area contributed by atoms with Gasteiger partial charge in [0.2, 0.25) is 5.91 Å². The Morgan fingerprint density at radius 1 is 1.39 bits per heavy atom. The second-order valence-corrected chi connectivity index (χ2v) is 4.20. The molecule has 0 fully saturated rings. The molecule has 0 saturated carbocycles. The van der Waals surface area contributed by atoms with Crippen molar-refractivity contribution in [3.63, 3.8) is 0 Å². The van der Waals surface area contributed by atoms with E-state index in [-0.39, 0.29) is 18.1 Å². The number of aromatic nitrogens is 1. The number of carbonyl (C=O) groups excluding carboxylic acids is 2. The lowest BCUT2D eigenvalue weighted by molar-refractivity contribution is -0.126. The Hall–Kier alpha value is -2.17. The molecule has 0 aliphatic rings. The van der Waals surface area contributed by atoms with Crippen LogP contribution < -0.4 is 5.32 Å². The van der Waals surface area contributed by atoms with Gasteiger partial charge in [0.25, 0.3) is 0 Å². The number of para-hydroxylation sites is 1. The van der Waals surface area contributed by atoms with Gasteiger partial charge in [0.1, 0.15) is 5.69 Å². The highest BCUT2D eigenvalue weighted by atomic mass is 16.5. The molecule has 0 spiro atoms. The molecule has 1 heterocycles. The molecule has 1 aromatic heterocycles. The number of nitrogens with zero attached hydrogens (tertiary/aromatic N) is 1. The van der Waals surface area contributed by atoms with E-state index >= 15 is 0 Å². The Labute approximate surface area is 104 Å². The molecule has 1 N–H and O–H groups in total. The molecule has 0 aliphatic heterocycles. The van der Waals surface area contributed by atoms with Crippen LogP contribution >= 0.6 is 0 Å². The second-order valence-electron chi connectivity index (χ2n) is 4.20. The minimum atomic E-state index is -0.476. The van der Waals surface area contributed by atoms with Crippen LogP contribution in [0.1, 0.15) is 19.5 Å². The Morgan fingerprint density at radius 2 is 2.11 bits per heavy atom. The SMILES string of the molecule is CC(=O)C(C)NC(=O)Cc1noc2ccccc12. The summed E-state index contributed by atoms with van der Waals surface area (Å²) >= 11 is 0. The Kier molecular flexibility index (Phi) is 3.41. The van der Waals surface area contributed by atoms with Crippen LogP contribution in [0.5, 0.6) is 0 Å². The van der Waals surface area contributed by atoms with E-state index in [4.69, 9.17) is 4.52 Å². The number of nitrogens with one attached hydrogen (secondary N) is 1. The quantitative estimate of drug-likeness (QED) is 0.886. The number of carbonyl (C=O) groups is 2. The lowest BCUT2D eigenvalue weighted by atomic mass is 10.1. The number of Topliss-reactive ketones (excluding diaryl/α,β-unsaturated/α-hetero) is 1. The number of hydrogen-bond donors (Lipinski definition) is 1. The molecule has 5 heteroatoms. The first-order valence-electron chi connectivity index (χ1n) is 5.71. The lowest BCUT2D eigenvalue weighted by Gasteiger charge is -2.09. The smallest absolute Gasteiger partial charge is 0.226 e. The van der Waals surface area contributed by atoms with Gasteiger partial charge in [-0.15, -0.1) is 0 Å². The number of rotatable bonds is 4. The van der Waals surface area contributed by atoms with Crippen LogP contribution in [0.25, 0.3) is 11.0 Å². The molecule has 0 aliphatic carbocycles. The van der Waals surface area contributed by atoms with Crippen LogP contribution in [0.4, 0.5) is 0 Å². The summed E-state index contributed by atoms with van der Waals surface area (Å²) in [5, 5.41) is 7.30. The first kappa shape index (κ1) is 12.3. The van der Waals surface area contributed by atoms with E-state index < -0.39 is 6.04 Å². The first-order valence-corrected chi connectivity index (χ1v) is 5.71. The monoisotopic (exact) mass is 246 g/mol. The van der Waals surface area contributed by atoms with E-state index in [2.05, 4.69) is 10.5 Å². The zero-order valence-corrected chi connectivity index (χ0v) is 10.3. The molecule has 94 valence electrons. The molecular formula is C13H14N2O3. The minimum Gasteiger partial charge on any atom is -0.356 e. The molecule has 5 nitrogen and oxygen atoms in total. The van der Waals surface area contributed by atoms with Crippen molar-refractivity contribution >= 4 is 22.7 Å². The van der Waals surface area contributed by atoms with E-state index in [1.165, 1.54) is 6.92 Å². The van der Waals surface area contributed by atoms with Gasteiger partial charge < -0.3 is 9.84 Å². The standard InChI is InChI=1S/C13H14N2O3/c1-8(9(2)16)14-13(17)7-11-10-5-3-4-6-12(10)18-15-11/h3-6,8H,7H2,1-2H3,(H,14,17). The zero-order valence-electron chi connectivity index (χ0n) is 10.3. The van der Waals surface area contributed by atoms with E-state index in [1.807, 2.05) is 18.2 Å². The summed E-state index contributed by atoms with van der Waals surface area (Å²) in [6, 6.07) is 6.87. The summed E-state index contributed by atoms with van der Waals surface area (Å²) in [7, 11) is 0. The summed E-state index contributed by atoms with van der Waals surface area (Å²) < 4.78 is 5.11. The maximum Gasteiger partial charge on any atom is 0.226 e. The van der Waals surface area contributed by atoms with Gasteiger partial charge >= 0.3 is 0 Å². The van der Waals surface area contributed by atoms with Gasteiger partial charge in [0.15, 0.2) is 11.4 Å². The van der Waals surface area contributed by atoms with Gasteiger partial charge in [-0.2, -0.15) is 0 Å². The topological polar surface area (TPSA) is 72.2 Å². The summed E-state index contributed by atoms with van der Waals surface area (Å²) in [4.78, 5) is 22.8. The van der Waals surface area contributed by atoms with Crippen LogP contribution in [-0.2, 0) is 16.0 Å². The van der Waals surface area contributed by atoms with Gasteiger partial charge in [0.05, 0.1) is 12.5 Å². The third-order valence-corrected chi connectivity index (χ3v) is 2.77. The Balaban J connectivity index is 2.10. The lowest BCUT2D eigenvalue weighted by Crippen LogP contribution is -2.38. The third-order valence-electron chi connectivity index (χ3n) is 2.77. The third kappa shape index (κ3) is 2.56. The highest BCUT2D eigenvalue weighted by Crippen LogP contribution is 2.17. The molecule has 1 aromatic carbocycles. The minimum absolute atomic E-state index is 0.0756. The maximum atomic E-state index is 11.7. The van der Waals surface area contributed by atoms with Crippen molar-refractivity contribution in [1.82, 2.24) is 10.5 Å². The number of benzene rings is 1. The van der Waals surface area contributed by atoms with Crippen molar-refractivity contribution in [3.05, 3.63) is 30.0 Å². The largest absolute Gasteiger partial charge is 0.356 e. The average Bonchev–Trinajstić information content (AvgIpc) is 2.72. The molecule has 2 rings (SSSR count). The molecule has 0 bridgehead atoms. The highest BCUT2D eigenvalue weighted by Gasteiger charge is 2.15. The van der Waals surface area contributed by atoms with Crippen LogP contribution in [0.15, 0.2) is 28.8 Å². The molecule has 1 atom stereocenters. The van der Waals surface area contributed by atoms with E-state index in [9.17, 15) is 9.59 Å². The van der Waals surface area contributed by atoms with Gasteiger partial charge in [0, 0.05) is 5.39 Å². The predicted octanol–water partition coefficient (Wildman–Crippen LogP) is 1.46. The molecule has 2 aromatic rings. The highest BCUT2D eigenvalue weighted by molar-refractivity contribution is 5.90. The molecule has 18 heavy (non-hydrogen) atoms.